The zero-order chi connectivity index (χ0) is 21.3. The molecule has 3 N–H and O–H groups in total. The van der Waals surface area contributed by atoms with Crippen LogP contribution in [0.3, 0.4) is 0 Å². The SMILES string of the molecule is CNC(=O)COc1cccc(CNC(=O)NCCS(=O)(=O)c2ccc(Cl)cc2)c1. The molecule has 0 saturated heterocycles. The number of likely N-dealkylation sites (N-methyl/N-ethyl adjacent to an activating group) is 1. The standard InChI is InChI=1S/C19H22ClN3O5S/c1-21-18(24)13-28-16-4-2-3-14(11-16)12-23-19(25)22-9-10-29(26,27)17-7-5-15(20)6-8-17/h2-8,11H,9-10,12-13H2,1H3,(H,21,24)(H2,22,23,25). The molecule has 2 rings (SSSR count). The molecule has 156 valence electrons. The van der Waals surface area contributed by atoms with E-state index in [1.165, 1.54) is 31.3 Å². The smallest absolute Gasteiger partial charge is 0.315 e. The summed E-state index contributed by atoms with van der Waals surface area (Å²) < 4.78 is 29.8. The average Bonchev–Trinajstić information content (AvgIpc) is 2.71. The lowest BCUT2D eigenvalue weighted by Crippen LogP contribution is -2.37. The number of nitrogens with one attached hydrogen (secondary N) is 3. The van der Waals surface area contributed by atoms with E-state index >= 15 is 0 Å². The number of sulfone groups is 1. The molecule has 0 atom stereocenters. The van der Waals surface area contributed by atoms with E-state index in [2.05, 4.69) is 16.0 Å². The summed E-state index contributed by atoms with van der Waals surface area (Å²) in [5.74, 6) is 0.0223. The normalized spacial score (nSPS) is 10.8. The van der Waals surface area contributed by atoms with Gasteiger partial charge in [0.2, 0.25) is 0 Å². The average molecular weight is 440 g/mol. The Kier molecular flexibility index (Phi) is 8.29. The second kappa shape index (κ2) is 10.7. The van der Waals surface area contributed by atoms with Crippen molar-refractivity contribution in [2.45, 2.75) is 11.4 Å². The Labute approximate surface area is 174 Å². The largest absolute Gasteiger partial charge is 0.484 e. The number of halogens is 1. The van der Waals surface area contributed by atoms with Gasteiger partial charge in [-0.2, -0.15) is 0 Å². The first kappa shape index (κ1) is 22.5. The van der Waals surface area contributed by atoms with Crippen LogP contribution in [0, 0.1) is 0 Å². The van der Waals surface area contributed by atoms with E-state index in [1.807, 2.05) is 0 Å². The van der Waals surface area contributed by atoms with E-state index in [9.17, 15) is 18.0 Å². The molecule has 0 bridgehead atoms. The highest BCUT2D eigenvalue weighted by atomic mass is 35.5. The molecule has 29 heavy (non-hydrogen) atoms. The Bertz CT molecular complexity index is 949. The van der Waals surface area contributed by atoms with Gasteiger partial charge in [-0.15, -0.1) is 0 Å². The third kappa shape index (κ3) is 7.63. The van der Waals surface area contributed by atoms with E-state index < -0.39 is 15.9 Å². The molecule has 0 aliphatic heterocycles. The molecule has 2 aromatic rings. The number of hydrogen-bond donors (Lipinski definition) is 3. The lowest BCUT2D eigenvalue weighted by molar-refractivity contribution is -0.122. The van der Waals surface area contributed by atoms with Gasteiger partial charge in [0.1, 0.15) is 5.75 Å². The molecule has 0 radical (unpaired) electrons. The second-order valence-electron chi connectivity index (χ2n) is 5.99. The lowest BCUT2D eigenvalue weighted by Gasteiger charge is -2.10. The Hall–Kier alpha value is -2.78. The molecule has 2 aromatic carbocycles. The number of hydrogen-bond acceptors (Lipinski definition) is 5. The van der Waals surface area contributed by atoms with Gasteiger partial charge in [0, 0.05) is 25.2 Å². The van der Waals surface area contributed by atoms with Crippen molar-refractivity contribution < 1.29 is 22.7 Å². The fourth-order valence-corrected chi connectivity index (χ4v) is 3.55. The molecule has 10 heteroatoms. The van der Waals surface area contributed by atoms with Gasteiger partial charge in [-0.25, -0.2) is 13.2 Å². The second-order valence-corrected chi connectivity index (χ2v) is 8.54. The summed E-state index contributed by atoms with van der Waals surface area (Å²) in [6.07, 6.45) is 0. The Morgan fingerprint density at radius 3 is 2.48 bits per heavy atom. The van der Waals surface area contributed by atoms with Gasteiger partial charge in [-0.3, -0.25) is 4.79 Å². The predicted octanol–water partition coefficient (Wildman–Crippen LogP) is 1.74. The van der Waals surface area contributed by atoms with Crippen LogP contribution in [0.4, 0.5) is 4.79 Å². The van der Waals surface area contributed by atoms with Crippen LogP contribution in [0.2, 0.25) is 5.02 Å². The van der Waals surface area contributed by atoms with Gasteiger partial charge in [0.25, 0.3) is 5.91 Å². The summed E-state index contributed by atoms with van der Waals surface area (Å²) in [4.78, 5) is 23.3. The van der Waals surface area contributed by atoms with Crippen molar-refractivity contribution in [3.8, 4) is 5.75 Å². The number of carbonyl (C=O) groups is 2. The summed E-state index contributed by atoms with van der Waals surface area (Å²) in [6, 6.07) is 12.3. The molecule has 0 heterocycles. The van der Waals surface area contributed by atoms with Gasteiger partial charge in [-0.05, 0) is 42.0 Å². The van der Waals surface area contributed by atoms with E-state index in [1.54, 1.807) is 24.3 Å². The van der Waals surface area contributed by atoms with Gasteiger partial charge in [0.15, 0.2) is 16.4 Å². The first-order valence-electron chi connectivity index (χ1n) is 8.72. The monoisotopic (exact) mass is 439 g/mol. The molecule has 0 aliphatic rings. The zero-order valence-corrected chi connectivity index (χ0v) is 17.3. The molecule has 8 nitrogen and oxygen atoms in total. The van der Waals surface area contributed by atoms with Crippen LogP contribution >= 0.6 is 11.6 Å². The Morgan fingerprint density at radius 2 is 1.79 bits per heavy atom. The summed E-state index contributed by atoms with van der Waals surface area (Å²) >= 11 is 5.76. The van der Waals surface area contributed by atoms with Crippen molar-refractivity contribution in [2.75, 3.05) is 26.0 Å². The molecular weight excluding hydrogens is 418 g/mol. The van der Waals surface area contributed by atoms with Crippen LogP contribution in [0.15, 0.2) is 53.4 Å². The summed E-state index contributed by atoms with van der Waals surface area (Å²) in [5.41, 5.74) is 0.767. The first-order valence-corrected chi connectivity index (χ1v) is 10.8. The highest BCUT2D eigenvalue weighted by Crippen LogP contribution is 2.15. The van der Waals surface area contributed by atoms with Crippen molar-refractivity contribution in [3.63, 3.8) is 0 Å². The first-order chi connectivity index (χ1) is 13.8. The van der Waals surface area contributed by atoms with E-state index in [4.69, 9.17) is 16.3 Å². The van der Waals surface area contributed by atoms with Gasteiger partial charge in [-0.1, -0.05) is 23.7 Å². The molecule has 0 aromatic heterocycles. The van der Waals surface area contributed by atoms with Crippen molar-refractivity contribution >= 4 is 33.4 Å². The summed E-state index contributed by atoms with van der Waals surface area (Å²) in [5, 5.41) is 8.06. The fraction of sp³-hybridized carbons (Fsp3) is 0.263. The number of urea groups is 1. The summed E-state index contributed by atoms with van der Waals surface area (Å²) in [7, 11) is -1.99. The number of rotatable bonds is 9. The minimum atomic E-state index is -3.51. The number of ether oxygens (including phenoxy) is 1. The van der Waals surface area contributed by atoms with Gasteiger partial charge < -0.3 is 20.7 Å². The maximum atomic E-state index is 12.2. The van der Waals surface area contributed by atoms with Crippen LogP contribution in [0.5, 0.6) is 5.75 Å². The van der Waals surface area contributed by atoms with Crippen LogP contribution in [0.1, 0.15) is 5.56 Å². The number of benzene rings is 2. The lowest BCUT2D eigenvalue weighted by atomic mass is 10.2. The fourth-order valence-electron chi connectivity index (χ4n) is 2.27. The van der Waals surface area contributed by atoms with Crippen LogP contribution in [-0.2, 0) is 21.2 Å². The van der Waals surface area contributed by atoms with Crippen LogP contribution < -0.4 is 20.7 Å². The van der Waals surface area contributed by atoms with Crippen LogP contribution in [-0.4, -0.2) is 46.3 Å². The predicted molar refractivity (Wildman–Crippen MR) is 110 cm³/mol. The highest BCUT2D eigenvalue weighted by molar-refractivity contribution is 7.91. The zero-order valence-electron chi connectivity index (χ0n) is 15.8. The maximum Gasteiger partial charge on any atom is 0.315 e. The van der Waals surface area contributed by atoms with E-state index in [0.717, 1.165) is 5.56 Å². The molecule has 0 unspecified atom stereocenters. The number of amides is 3. The topological polar surface area (TPSA) is 114 Å². The highest BCUT2D eigenvalue weighted by Gasteiger charge is 2.14. The molecule has 0 spiro atoms. The van der Waals surface area contributed by atoms with E-state index in [-0.39, 0.29) is 36.3 Å². The number of carbonyl (C=O) groups excluding carboxylic acids is 2. The molecular formula is C19H22ClN3O5S. The van der Waals surface area contributed by atoms with Crippen molar-refractivity contribution in [2.24, 2.45) is 0 Å². The molecule has 0 saturated carbocycles. The summed E-state index contributed by atoms with van der Waals surface area (Å²) in [6.45, 7) is 0.0783. The maximum absolute atomic E-state index is 12.2. The van der Waals surface area contributed by atoms with E-state index in [0.29, 0.717) is 10.8 Å². The van der Waals surface area contributed by atoms with Crippen molar-refractivity contribution in [3.05, 3.63) is 59.1 Å². The molecule has 0 aliphatic carbocycles. The third-order valence-electron chi connectivity index (χ3n) is 3.83. The quantitative estimate of drug-likeness (QED) is 0.550. The van der Waals surface area contributed by atoms with Gasteiger partial charge >= 0.3 is 6.03 Å². The minimum Gasteiger partial charge on any atom is -0.484 e. The van der Waals surface area contributed by atoms with Gasteiger partial charge in [0.05, 0.1) is 10.6 Å². The third-order valence-corrected chi connectivity index (χ3v) is 5.81. The Balaban J connectivity index is 1.77. The van der Waals surface area contributed by atoms with Crippen molar-refractivity contribution in [1.29, 1.82) is 0 Å². The Morgan fingerprint density at radius 1 is 1.07 bits per heavy atom. The molecule has 0 fully saturated rings. The van der Waals surface area contributed by atoms with Crippen LogP contribution in [0.25, 0.3) is 0 Å². The minimum absolute atomic E-state index is 0.0356. The van der Waals surface area contributed by atoms with Crippen molar-refractivity contribution in [1.82, 2.24) is 16.0 Å². The molecule has 3 amide bonds.